The van der Waals surface area contributed by atoms with Crippen molar-refractivity contribution in [1.82, 2.24) is 0 Å². The predicted molar refractivity (Wildman–Crippen MR) is 93.5 cm³/mol. The molecule has 0 spiro atoms. The molecule has 0 saturated carbocycles. The number of amides is 2. The van der Waals surface area contributed by atoms with Gasteiger partial charge in [0.2, 0.25) is 11.8 Å². The molecule has 1 fully saturated rings. The molecule has 26 heavy (non-hydrogen) atoms. The fourth-order valence-corrected chi connectivity index (χ4v) is 2.98. The first-order chi connectivity index (χ1) is 12.4. The van der Waals surface area contributed by atoms with Gasteiger partial charge in [0.15, 0.2) is 17.4 Å². The van der Waals surface area contributed by atoms with Crippen LogP contribution in [0.1, 0.15) is 6.42 Å². The number of nitrogens with one attached hydrogen (secondary N) is 1. The van der Waals surface area contributed by atoms with Crippen LogP contribution in [0, 0.1) is 17.6 Å². The van der Waals surface area contributed by atoms with Crippen LogP contribution in [0.3, 0.4) is 0 Å². The van der Waals surface area contributed by atoms with Crippen LogP contribution in [0.25, 0.3) is 0 Å². The lowest BCUT2D eigenvalue weighted by molar-refractivity contribution is -0.129. The molecule has 2 aromatic carbocycles. The number of methoxy groups -OCH3 is 1. The maximum Gasteiger partial charge on any atom is 0.239 e. The van der Waals surface area contributed by atoms with E-state index in [1.807, 2.05) is 0 Å². The van der Waals surface area contributed by atoms with Crippen molar-refractivity contribution in [2.24, 2.45) is 5.92 Å². The van der Waals surface area contributed by atoms with Gasteiger partial charge in [0.05, 0.1) is 7.11 Å². The van der Waals surface area contributed by atoms with E-state index < -0.39 is 29.2 Å². The molecule has 1 aliphatic rings. The summed E-state index contributed by atoms with van der Waals surface area (Å²) < 4.78 is 32.0. The third kappa shape index (κ3) is 3.48. The van der Waals surface area contributed by atoms with Crippen molar-refractivity contribution in [2.75, 3.05) is 23.9 Å². The number of benzene rings is 2. The summed E-state index contributed by atoms with van der Waals surface area (Å²) in [5.74, 6) is -4.34. The molecule has 1 saturated heterocycles. The number of ether oxygens (including phenoxy) is 1. The highest BCUT2D eigenvalue weighted by Gasteiger charge is 2.37. The van der Waals surface area contributed by atoms with Gasteiger partial charge in [0, 0.05) is 35.1 Å². The maximum absolute atomic E-state index is 13.7. The third-order valence-electron chi connectivity index (χ3n) is 4.13. The van der Waals surface area contributed by atoms with Gasteiger partial charge in [-0.1, -0.05) is 11.6 Å². The molecule has 0 radical (unpaired) electrons. The van der Waals surface area contributed by atoms with Crippen LogP contribution in [0.4, 0.5) is 20.2 Å². The van der Waals surface area contributed by atoms with Gasteiger partial charge in [-0.25, -0.2) is 8.78 Å². The molecule has 0 aromatic heterocycles. The van der Waals surface area contributed by atoms with Crippen LogP contribution in [0.5, 0.6) is 5.75 Å². The van der Waals surface area contributed by atoms with E-state index in [-0.39, 0.29) is 11.6 Å². The highest BCUT2D eigenvalue weighted by atomic mass is 35.5. The van der Waals surface area contributed by atoms with Crippen LogP contribution in [0.15, 0.2) is 36.4 Å². The average molecular weight is 381 g/mol. The molecule has 1 unspecified atom stereocenters. The SMILES string of the molecule is COc1c(F)cc(NC(=O)C2CCN(c3ccc(Cl)cc3)C2=O)cc1F. The normalized spacial score (nSPS) is 16.7. The van der Waals surface area contributed by atoms with E-state index in [2.05, 4.69) is 10.1 Å². The van der Waals surface area contributed by atoms with Crippen LogP contribution in [0.2, 0.25) is 5.02 Å². The van der Waals surface area contributed by atoms with Crippen molar-refractivity contribution >= 4 is 34.8 Å². The van der Waals surface area contributed by atoms with Crippen LogP contribution >= 0.6 is 11.6 Å². The van der Waals surface area contributed by atoms with E-state index in [1.165, 1.54) is 4.90 Å². The number of nitrogens with zero attached hydrogens (tertiary/aromatic N) is 1. The van der Waals surface area contributed by atoms with E-state index in [4.69, 9.17) is 11.6 Å². The Morgan fingerprint density at radius 2 is 1.85 bits per heavy atom. The summed E-state index contributed by atoms with van der Waals surface area (Å²) in [5.41, 5.74) is 0.555. The van der Waals surface area contributed by atoms with Crippen molar-refractivity contribution in [3.63, 3.8) is 0 Å². The fourth-order valence-electron chi connectivity index (χ4n) is 2.86. The average Bonchev–Trinajstić information content (AvgIpc) is 2.97. The molecule has 2 amide bonds. The summed E-state index contributed by atoms with van der Waals surface area (Å²) in [7, 11) is 1.14. The van der Waals surface area contributed by atoms with Gasteiger partial charge in [-0.2, -0.15) is 0 Å². The molecular formula is C18H15ClF2N2O3. The maximum atomic E-state index is 13.7. The highest BCUT2D eigenvalue weighted by molar-refractivity contribution is 6.30. The second-order valence-corrected chi connectivity index (χ2v) is 6.21. The summed E-state index contributed by atoms with van der Waals surface area (Å²) in [4.78, 5) is 26.4. The minimum absolute atomic E-state index is 0.0801. The summed E-state index contributed by atoms with van der Waals surface area (Å²) in [6.45, 7) is 0.365. The molecule has 2 aromatic rings. The Morgan fingerprint density at radius 3 is 2.42 bits per heavy atom. The Labute approximate surface area is 153 Å². The number of carbonyl (C=O) groups excluding carboxylic acids is 2. The van der Waals surface area contributed by atoms with E-state index in [0.29, 0.717) is 23.7 Å². The molecule has 1 atom stereocenters. The van der Waals surface area contributed by atoms with E-state index in [9.17, 15) is 18.4 Å². The molecule has 3 rings (SSSR count). The third-order valence-corrected chi connectivity index (χ3v) is 4.38. The van der Waals surface area contributed by atoms with Gasteiger partial charge in [-0.15, -0.1) is 0 Å². The smallest absolute Gasteiger partial charge is 0.239 e. The van der Waals surface area contributed by atoms with E-state index in [1.54, 1.807) is 24.3 Å². The summed E-state index contributed by atoms with van der Waals surface area (Å²) in [6, 6.07) is 8.57. The lowest BCUT2D eigenvalue weighted by Crippen LogP contribution is -2.33. The molecule has 5 nitrogen and oxygen atoms in total. The van der Waals surface area contributed by atoms with E-state index in [0.717, 1.165) is 19.2 Å². The van der Waals surface area contributed by atoms with E-state index >= 15 is 0 Å². The largest absolute Gasteiger partial charge is 0.491 e. The molecule has 8 heteroatoms. The second kappa shape index (κ2) is 7.29. The predicted octanol–water partition coefficient (Wildman–Crippen LogP) is 3.62. The number of halogens is 3. The highest BCUT2D eigenvalue weighted by Crippen LogP contribution is 2.29. The minimum atomic E-state index is -0.941. The molecular weight excluding hydrogens is 366 g/mol. The van der Waals surface area contributed by atoms with Gasteiger partial charge >= 0.3 is 0 Å². The lowest BCUT2D eigenvalue weighted by atomic mass is 10.1. The number of carbonyl (C=O) groups is 2. The number of anilines is 2. The topological polar surface area (TPSA) is 58.6 Å². The first-order valence-electron chi connectivity index (χ1n) is 7.81. The van der Waals surface area contributed by atoms with Crippen molar-refractivity contribution < 1.29 is 23.1 Å². The van der Waals surface area contributed by atoms with Gasteiger partial charge in [-0.05, 0) is 30.7 Å². The first-order valence-corrected chi connectivity index (χ1v) is 8.19. The molecule has 1 N–H and O–H groups in total. The Kier molecular flexibility index (Phi) is 5.08. The molecule has 0 bridgehead atoms. The summed E-state index contributed by atoms with van der Waals surface area (Å²) in [6.07, 6.45) is 0.300. The Hall–Kier alpha value is -2.67. The minimum Gasteiger partial charge on any atom is -0.491 e. The van der Waals surface area contributed by atoms with Crippen LogP contribution in [-0.2, 0) is 9.59 Å². The number of rotatable bonds is 4. The molecule has 1 aliphatic heterocycles. The monoisotopic (exact) mass is 380 g/mol. The molecule has 136 valence electrons. The second-order valence-electron chi connectivity index (χ2n) is 5.77. The Morgan fingerprint density at radius 1 is 1.23 bits per heavy atom. The van der Waals surface area contributed by atoms with Crippen molar-refractivity contribution in [3.05, 3.63) is 53.1 Å². The van der Waals surface area contributed by atoms with Crippen LogP contribution < -0.4 is 15.0 Å². The Balaban J connectivity index is 1.73. The number of hydrogen-bond acceptors (Lipinski definition) is 3. The van der Waals surface area contributed by atoms with Crippen molar-refractivity contribution in [1.29, 1.82) is 0 Å². The zero-order valence-electron chi connectivity index (χ0n) is 13.8. The summed E-state index contributed by atoms with van der Waals surface area (Å²) >= 11 is 5.83. The van der Waals surface area contributed by atoms with Crippen molar-refractivity contribution in [3.8, 4) is 5.75 Å². The van der Waals surface area contributed by atoms with Crippen LogP contribution in [-0.4, -0.2) is 25.5 Å². The standard InChI is InChI=1S/C18H15ClF2N2O3/c1-26-16-14(20)8-11(9-15(16)21)22-17(24)13-6-7-23(18(13)25)12-4-2-10(19)3-5-12/h2-5,8-9,13H,6-7H2,1H3,(H,22,24). The van der Waals surface area contributed by atoms with Gasteiger partial charge in [0.25, 0.3) is 0 Å². The lowest BCUT2D eigenvalue weighted by Gasteiger charge is -2.17. The zero-order chi connectivity index (χ0) is 18.8. The zero-order valence-corrected chi connectivity index (χ0v) is 14.5. The summed E-state index contributed by atoms with van der Waals surface area (Å²) in [5, 5.41) is 2.93. The molecule has 0 aliphatic carbocycles. The van der Waals surface area contributed by atoms with Gasteiger partial charge < -0.3 is 15.0 Å². The van der Waals surface area contributed by atoms with Gasteiger partial charge in [0.1, 0.15) is 5.92 Å². The van der Waals surface area contributed by atoms with Gasteiger partial charge in [-0.3, -0.25) is 9.59 Å². The fraction of sp³-hybridized carbons (Fsp3) is 0.222. The van der Waals surface area contributed by atoms with Crippen molar-refractivity contribution in [2.45, 2.75) is 6.42 Å². The Bertz CT molecular complexity index is 835. The first kappa shape index (κ1) is 18.1. The quantitative estimate of drug-likeness (QED) is 0.824. The molecule has 1 heterocycles. The number of hydrogen-bond donors (Lipinski definition) is 1.